The molecule has 1 atom stereocenters. The molecule has 0 aromatic heterocycles. The Morgan fingerprint density at radius 3 is 2.42 bits per heavy atom. The van der Waals surface area contributed by atoms with Gasteiger partial charge in [-0.3, -0.25) is 9.59 Å². The van der Waals surface area contributed by atoms with Crippen molar-refractivity contribution in [3.05, 3.63) is 29.8 Å². The van der Waals surface area contributed by atoms with Gasteiger partial charge in [-0.1, -0.05) is 31.9 Å². The minimum absolute atomic E-state index is 0.0158. The van der Waals surface area contributed by atoms with Crippen LogP contribution in [0.4, 0.5) is 0 Å². The Balaban J connectivity index is 1.92. The molecule has 0 aliphatic heterocycles. The molecule has 1 fully saturated rings. The number of carboxylic acid groups (broad SMARTS) is 1. The first-order valence-electron chi connectivity index (χ1n) is 8.67. The fourth-order valence-corrected chi connectivity index (χ4v) is 3.23. The van der Waals surface area contributed by atoms with E-state index in [0.29, 0.717) is 13.0 Å². The van der Waals surface area contributed by atoms with Gasteiger partial charge in [0.15, 0.2) is 0 Å². The second-order valence-electron chi connectivity index (χ2n) is 6.79. The molecule has 24 heavy (non-hydrogen) atoms. The van der Waals surface area contributed by atoms with Crippen molar-refractivity contribution >= 4 is 11.9 Å². The molecular weight excluding hydrogens is 306 g/mol. The lowest BCUT2D eigenvalue weighted by Crippen LogP contribution is -2.41. The maximum Gasteiger partial charge on any atom is 0.308 e. The van der Waals surface area contributed by atoms with Gasteiger partial charge in [0, 0.05) is 12.0 Å². The highest BCUT2D eigenvalue weighted by Gasteiger charge is 2.36. The van der Waals surface area contributed by atoms with Gasteiger partial charge >= 0.3 is 5.97 Å². The molecule has 0 heterocycles. The molecule has 5 heteroatoms. The zero-order valence-electron chi connectivity index (χ0n) is 14.5. The van der Waals surface area contributed by atoms with Crippen LogP contribution in [0.15, 0.2) is 24.3 Å². The van der Waals surface area contributed by atoms with Crippen LogP contribution in [0.25, 0.3) is 0 Å². The quantitative estimate of drug-likeness (QED) is 0.767. The lowest BCUT2D eigenvalue weighted by Gasteiger charge is -2.23. The highest BCUT2D eigenvalue weighted by atomic mass is 16.5. The average Bonchev–Trinajstić information content (AvgIpc) is 3.00. The van der Waals surface area contributed by atoms with Crippen molar-refractivity contribution < 1.29 is 19.4 Å². The standard InChI is InChI=1S/C19H27NO4/c1-3-24-16-8-6-14(7-9-16)12-15(17(21)22)13-20-18(23)19(2)10-4-5-11-19/h6-9,15H,3-5,10-13H2,1-2H3,(H,20,23)(H,21,22). The number of carboxylic acids is 1. The van der Waals surface area contributed by atoms with Crippen molar-refractivity contribution in [1.29, 1.82) is 0 Å². The van der Waals surface area contributed by atoms with E-state index in [4.69, 9.17) is 4.74 Å². The molecule has 1 unspecified atom stereocenters. The predicted molar refractivity (Wildman–Crippen MR) is 92.0 cm³/mol. The fourth-order valence-electron chi connectivity index (χ4n) is 3.23. The lowest BCUT2D eigenvalue weighted by atomic mass is 9.87. The summed E-state index contributed by atoms with van der Waals surface area (Å²) in [4.78, 5) is 23.9. The first-order chi connectivity index (χ1) is 11.4. The molecule has 1 aliphatic carbocycles. The zero-order valence-corrected chi connectivity index (χ0v) is 14.5. The Morgan fingerprint density at radius 1 is 1.25 bits per heavy atom. The van der Waals surface area contributed by atoms with E-state index in [1.54, 1.807) is 0 Å². The number of nitrogens with one attached hydrogen (secondary N) is 1. The molecule has 0 spiro atoms. The van der Waals surface area contributed by atoms with Gasteiger partial charge in [-0.05, 0) is 43.9 Å². The lowest BCUT2D eigenvalue weighted by molar-refractivity contribution is -0.141. The first kappa shape index (κ1) is 18.3. The van der Waals surface area contributed by atoms with E-state index in [-0.39, 0.29) is 17.9 Å². The molecule has 1 aromatic carbocycles. The van der Waals surface area contributed by atoms with Gasteiger partial charge in [0.2, 0.25) is 5.91 Å². The van der Waals surface area contributed by atoms with E-state index >= 15 is 0 Å². The van der Waals surface area contributed by atoms with E-state index < -0.39 is 11.9 Å². The summed E-state index contributed by atoms with van der Waals surface area (Å²) in [7, 11) is 0. The van der Waals surface area contributed by atoms with Crippen LogP contribution in [0.5, 0.6) is 5.75 Å². The monoisotopic (exact) mass is 333 g/mol. The summed E-state index contributed by atoms with van der Waals surface area (Å²) in [5.41, 5.74) is 0.592. The van der Waals surface area contributed by atoms with Gasteiger partial charge in [-0.25, -0.2) is 0 Å². The average molecular weight is 333 g/mol. The fraction of sp³-hybridized carbons (Fsp3) is 0.579. The third-order valence-electron chi connectivity index (χ3n) is 4.83. The van der Waals surface area contributed by atoms with Crippen LogP contribution >= 0.6 is 0 Å². The number of rotatable bonds is 8. The molecule has 1 aliphatic rings. The number of amides is 1. The van der Waals surface area contributed by atoms with Gasteiger partial charge in [-0.15, -0.1) is 0 Å². The van der Waals surface area contributed by atoms with Crippen molar-refractivity contribution in [3.63, 3.8) is 0 Å². The summed E-state index contributed by atoms with van der Waals surface area (Å²) < 4.78 is 5.39. The maximum absolute atomic E-state index is 12.3. The van der Waals surface area contributed by atoms with Crippen molar-refractivity contribution in [2.24, 2.45) is 11.3 Å². The molecule has 0 saturated heterocycles. The summed E-state index contributed by atoms with van der Waals surface area (Å²) in [5, 5.41) is 12.3. The minimum atomic E-state index is -0.888. The number of aliphatic carboxylic acids is 1. The molecule has 5 nitrogen and oxygen atoms in total. The molecule has 1 aromatic rings. The van der Waals surface area contributed by atoms with Crippen LogP contribution < -0.4 is 10.1 Å². The second kappa shape index (κ2) is 8.18. The van der Waals surface area contributed by atoms with Crippen LogP contribution in [0.3, 0.4) is 0 Å². The van der Waals surface area contributed by atoms with Crippen LogP contribution in [0, 0.1) is 11.3 Å². The third kappa shape index (κ3) is 4.73. The number of hydrogen-bond acceptors (Lipinski definition) is 3. The predicted octanol–water partition coefficient (Wildman–Crippen LogP) is 3.03. The Kier molecular flexibility index (Phi) is 6.23. The summed E-state index contributed by atoms with van der Waals surface area (Å²) in [6, 6.07) is 7.44. The van der Waals surface area contributed by atoms with Crippen molar-refractivity contribution in [2.75, 3.05) is 13.2 Å². The van der Waals surface area contributed by atoms with Crippen molar-refractivity contribution in [3.8, 4) is 5.75 Å². The molecule has 2 N–H and O–H groups in total. The Bertz CT molecular complexity index is 561. The van der Waals surface area contributed by atoms with E-state index in [1.807, 2.05) is 38.1 Å². The SMILES string of the molecule is CCOc1ccc(CC(CNC(=O)C2(C)CCCC2)C(=O)O)cc1. The number of ether oxygens (including phenoxy) is 1. The van der Waals surface area contributed by atoms with Crippen molar-refractivity contribution in [1.82, 2.24) is 5.32 Å². The van der Waals surface area contributed by atoms with E-state index in [0.717, 1.165) is 37.0 Å². The van der Waals surface area contributed by atoms with E-state index in [1.165, 1.54) is 0 Å². The van der Waals surface area contributed by atoms with Gasteiger partial charge in [-0.2, -0.15) is 0 Å². The van der Waals surface area contributed by atoms with Crippen LogP contribution in [-0.2, 0) is 16.0 Å². The smallest absolute Gasteiger partial charge is 0.308 e. The minimum Gasteiger partial charge on any atom is -0.494 e. The Labute approximate surface area is 143 Å². The van der Waals surface area contributed by atoms with Crippen molar-refractivity contribution in [2.45, 2.75) is 46.0 Å². The summed E-state index contributed by atoms with van der Waals surface area (Å²) >= 11 is 0. The Hall–Kier alpha value is -2.04. The van der Waals surface area contributed by atoms with Gasteiger partial charge in [0.25, 0.3) is 0 Å². The molecule has 1 saturated carbocycles. The molecule has 2 rings (SSSR count). The van der Waals surface area contributed by atoms with E-state index in [9.17, 15) is 14.7 Å². The second-order valence-corrected chi connectivity index (χ2v) is 6.79. The van der Waals surface area contributed by atoms with Gasteiger partial charge < -0.3 is 15.2 Å². The van der Waals surface area contributed by atoms with Crippen LogP contribution in [0.2, 0.25) is 0 Å². The number of hydrogen-bond donors (Lipinski definition) is 2. The van der Waals surface area contributed by atoms with E-state index in [2.05, 4.69) is 5.32 Å². The number of carbonyl (C=O) groups is 2. The largest absolute Gasteiger partial charge is 0.494 e. The molecular formula is C19H27NO4. The number of carbonyl (C=O) groups excluding carboxylic acids is 1. The summed E-state index contributed by atoms with van der Waals surface area (Å²) in [6.45, 7) is 4.65. The van der Waals surface area contributed by atoms with Gasteiger partial charge in [0.1, 0.15) is 5.75 Å². The Morgan fingerprint density at radius 2 is 1.88 bits per heavy atom. The maximum atomic E-state index is 12.3. The highest BCUT2D eigenvalue weighted by molar-refractivity contribution is 5.83. The topological polar surface area (TPSA) is 75.6 Å². The summed E-state index contributed by atoms with van der Waals surface area (Å²) in [5.74, 6) is -0.758. The molecule has 1 amide bonds. The van der Waals surface area contributed by atoms with Crippen LogP contribution in [-0.4, -0.2) is 30.1 Å². The normalized spacial score (nSPS) is 17.2. The zero-order chi connectivity index (χ0) is 17.6. The first-order valence-corrected chi connectivity index (χ1v) is 8.67. The molecule has 132 valence electrons. The number of benzene rings is 1. The highest BCUT2D eigenvalue weighted by Crippen LogP contribution is 2.37. The van der Waals surface area contributed by atoms with Crippen LogP contribution in [0.1, 0.15) is 45.1 Å². The third-order valence-corrected chi connectivity index (χ3v) is 4.83. The summed E-state index contributed by atoms with van der Waals surface area (Å²) in [6.07, 6.45) is 4.29. The molecule has 0 radical (unpaired) electrons. The van der Waals surface area contributed by atoms with Gasteiger partial charge in [0.05, 0.1) is 12.5 Å². The molecule has 0 bridgehead atoms.